The zero-order valence-electron chi connectivity index (χ0n) is 13.3. The van der Waals surface area contributed by atoms with Crippen LogP contribution in [-0.4, -0.2) is 59.6 Å². The standard InChI is InChI=1S/C13H14Cl2N6O5/c1-4-3-21(13(25)17-8(4)24)9-7(23)6(22)5(26-9)2-16-12-19-10(14)18-11(15)20-12/h3,5-7,9,22-23H,2H2,1H3,(H,17,24,25)(H,16,18,19,20)/t5-,6-,7-,9-/m1/s1. The second-order valence-electron chi connectivity index (χ2n) is 5.60. The predicted molar refractivity (Wildman–Crippen MR) is 90.3 cm³/mol. The van der Waals surface area contributed by atoms with Gasteiger partial charge in [-0.1, -0.05) is 0 Å². The second kappa shape index (κ2) is 7.29. The summed E-state index contributed by atoms with van der Waals surface area (Å²) < 4.78 is 6.59. The second-order valence-corrected chi connectivity index (χ2v) is 6.28. The lowest BCUT2D eigenvalue weighted by Gasteiger charge is -2.17. The highest BCUT2D eigenvalue weighted by Crippen LogP contribution is 2.28. The summed E-state index contributed by atoms with van der Waals surface area (Å²) in [6.07, 6.45) is -3.52. The molecule has 0 bridgehead atoms. The summed E-state index contributed by atoms with van der Waals surface area (Å²) in [6.45, 7) is 1.49. The molecule has 3 heterocycles. The molecule has 0 unspecified atom stereocenters. The Morgan fingerprint density at radius 3 is 2.54 bits per heavy atom. The smallest absolute Gasteiger partial charge is 0.330 e. The summed E-state index contributed by atoms with van der Waals surface area (Å²) in [4.78, 5) is 36.7. The van der Waals surface area contributed by atoms with Crippen LogP contribution in [0.1, 0.15) is 11.8 Å². The number of rotatable bonds is 4. The highest BCUT2D eigenvalue weighted by molar-refractivity contribution is 6.31. The van der Waals surface area contributed by atoms with Crippen LogP contribution < -0.4 is 16.6 Å². The summed E-state index contributed by atoms with van der Waals surface area (Å²) >= 11 is 11.3. The van der Waals surface area contributed by atoms with E-state index in [0.29, 0.717) is 0 Å². The van der Waals surface area contributed by atoms with Gasteiger partial charge in [-0.2, -0.15) is 15.0 Å². The van der Waals surface area contributed by atoms with E-state index in [-0.39, 0.29) is 28.6 Å². The van der Waals surface area contributed by atoms with E-state index in [1.54, 1.807) is 0 Å². The molecule has 4 atom stereocenters. The Morgan fingerprint density at radius 1 is 1.23 bits per heavy atom. The van der Waals surface area contributed by atoms with Crippen LogP contribution in [0.15, 0.2) is 15.8 Å². The van der Waals surface area contributed by atoms with Crippen molar-refractivity contribution in [3.05, 3.63) is 43.2 Å². The molecule has 0 radical (unpaired) electrons. The van der Waals surface area contributed by atoms with Gasteiger partial charge in [-0.25, -0.2) is 4.79 Å². The van der Waals surface area contributed by atoms with Gasteiger partial charge < -0.3 is 20.3 Å². The van der Waals surface area contributed by atoms with Gasteiger partial charge in [0.2, 0.25) is 16.5 Å². The van der Waals surface area contributed by atoms with Crippen molar-refractivity contribution < 1.29 is 14.9 Å². The molecule has 0 amide bonds. The molecule has 1 fully saturated rings. The number of ether oxygens (including phenoxy) is 1. The third-order valence-electron chi connectivity index (χ3n) is 3.80. The molecular weight excluding hydrogens is 391 g/mol. The average Bonchev–Trinajstić information content (AvgIpc) is 2.84. The topological polar surface area (TPSA) is 155 Å². The van der Waals surface area contributed by atoms with Crippen molar-refractivity contribution >= 4 is 29.2 Å². The summed E-state index contributed by atoms with van der Waals surface area (Å²) in [5, 5.41) is 22.9. The fourth-order valence-corrected chi connectivity index (χ4v) is 2.86. The first-order valence-corrected chi connectivity index (χ1v) is 8.16. The predicted octanol–water partition coefficient (Wildman–Crippen LogP) is -0.932. The molecule has 3 rings (SSSR count). The summed E-state index contributed by atoms with van der Waals surface area (Å²) in [5.74, 6) is 0.0563. The Labute approximate surface area is 155 Å². The lowest BCUT2D eigenvalue weighted by Crippen LogP contribution is -2.38. The Balaban J connectivity index is 1.76. The Bertz CT molecular complexity index is 914. The van der Waals surface area contributed by atoms with E-state index in [4.69, 9.17) is 27.9 Å². The van der Waals surface area contributed by atoms with Gasteiger partial charge >= 0.3 is 5.69 Å². The fraction of sp³-hybridized carbons (Fsp3) is 0.462. The van der Waals surface area contributed by atoms with Crippen molar-refractivity contribution in [2.24, 2.45) is 0 Å². The van der Waals surface area contributed by atoms with Crippen molar-refractivity contribution in [3.63, 3.8) is 0 Å². The normalized spacial score (nSPS) is 25.4. The number of aliphatic hydroxyl groups is 2. The molecule has 1 aliphatic rings. The molecule has 0 saturated carbocycles. The summed E-state index contributed by atoms with van der Waals surface area (Å²) in [7, 11) is 0. The van der Waals surface area contributed by atoms with Crippen molar-refractivity contribution in [2.45, 2.75) is 31.5 Å². The van der Waals surface area contributed by atoms with Crippen LogP contribution in [0.3, 0.4) is 0 Å². The number of anilines is 1. The molecule has 2 aromatic heterocycles. The Morgan fingerprint density at radius 2 is 1.88 bits per heavy atom. The van der Waals surface area contributed by atoms with E-state index in [1.165, 1.54) is 13.1 Å². The zero-order valence-corrected chi connectivity index (χ0v) is 14.8. The maximum atomic E-state index is 12.0. The number of aryl methyl sites for hydroxylation is 1. The molecule has 13 heteroatoms. The molecule has 1 saturated heterocycles. The third-order valence-corrected chi connectivity index (χ3v) is 4.14. The van der Waals surface area contributed by atoms with Gasteiger partial charge in [0.25, 0.3) is 5.56 Å². The van der Waals surface area contributed by atoms with E-state index in [1.807, 2.05) is 0 Å². The lowest BCUT2D eigenvalue weighted by molar-refractivity contribution is -0.0364. The van der Waals surface area contributed by atoms with Crippen molar-refractivity contribution in [1.29, 1.82) is 0 Å². The molecule has 11 nitrogen and oxygen atoms in total. The van der Waals surface area contributed by atoms with Crippen LogP contribution in [0.5, 0.6) is 0 Å². The van der Waals surface area contributed by atoms with Gasteiger partial charge in [-0.05, 0) is 30.1 Å². The van der Waals surface area contributed by atoms with E-state index < -0.39 is 35.8 Å². The van der Waals surface area contributed by atoms with Gasteiger partial charge in [0.1, 0.15) is 18.3 Å². The highest BCUT2D eigenvalue weighted by Gasteiger charge is 2.44. The Kier molecular flexibility index (Phi) is 5.25. The van der Waals surface area contributed by atoms with E-state index in [2.05, 4.69) is 25.3 Å². The number of aromatic nitrogens is 5. The number of H-pyrrole nitrogens is 1. The van der Waals surface area contributed by atoms with Crippen molar-refractivity contribution in [2.75, 3.05) is 11.9 Å². The molecule has 4 N–H and O–H groups in total. The molecule has 0 spiro atoms. The maximum absolute atomic E-state index is 12.0. The Hall–Kier alpha value is -2.05. The molecule has 1 aliphatic heterocycles. The first kappa shape index (κ1) is 18.7. The molecule has 0 aromatic carbocycles. The van der Waals surface area contributed by atoms with E-state index in [9.17, 15) is 19.8 Å². The van der Waals surface area contributed by atoms with Crippen molar-refractivity contribution in [3.8, 4) is 0 Å². The maximum Gasteiger partial charge on any atom is 0.330 e. The summed E-state index contributed by atoms with van der Waals surface area (Å²) in [6, 6.07) is 0. The third kappa shape index (κ3) is 3.71. The van der Waals surface area contributed by atoms with Gasteiger partial charge in [-0.3, -0.25) is 14.3 Å². The van der Waals surface area contributed by atoms with Crippen LogP contribution >= 0.6 is 23.2 Å². The van der Waals surface area contributed by atoms with Crippen LogP contribution in [0.25, 0.3) is 0 Å². The minimum Gasteiger partial charge on any atom is -0.387 e. The van der Waals surface area contributed by atoms with Gasteiger partial charge in [0.15, 0.2) is 6.23 Å². The number of hydrogen-bond acceptors (Lipinski definition) is 9. The number of nitrogens with zero attached hydrogens (tertiary/aromatic N) is 4. The number of hydrogen-bond donors (Lipinski definition) is 4. The summed E-state index contributed by atoms with van der Waals surface area (Å²) in [5.41, 5.74) is -1.05. The minimum atomic E-state index is -1.39. The fourth-order valence-electron chi connectivity index (χ4n) is 2.50. The van der Waals surface area contributed by atoms with Crippen LogP contribution in [0, 0.1) is 6.92 Å². The molecule has 0 aliphatic carbocycles. The van der Waals surface area contributed by atoms with E-state index in [0.717, 1.165) is 4.57 Å². The minimum absolute atomic E-state index is 0.0114. The number of aliphatic hydroxyl groups excluding tert-OH is 2. The van der Waals surface area contributed by atoms with E-state index >= 15 is 0 Å². The zero-order chi connectivity index (χ0) is 19.0. The van der Waals surface area contributed by atoms with Crippen LogP contribution in [0.4, 0.5) is 5.95 Å². The SMILES string of the molecule is Cc1cn([C@@H]2O[C@H](CNc3nc(Cl)nc(Cl)n3)[C@@H](O)[C@H]2O)c(=O)[nH]c1=O. The first-order chi connectivity index (χ1) is 12.3. The number of halogens is 2. The highest BCUT2D eigenvalue weighted by atomic mass is 35.5. The first-order valence-electron chi connectivity index (χ1n) is 7.41. The molecule has 2 aromatic rings. The molecule has 26 heavy (non-hydrogen) atoms. The van der Waals surface area contributed by atoms with Crippen LogP contribution in [-0.2, 0) is 4.74 Å². The largest absolute Gasteiger partial charge is 0.387 e. The lowest BCUT2D eigenvalue weighted by atomic mass is 10.1. The number of nitrogens with one attached hydrogen (secondary N) is 2. The van der Waals surface area contributed by atoms with Gasteiger partial charge in [-0.15, -0.1) is 0 Å². The quantitative estimate of drug-likeness (QED) is 0.505. The number of aromatic amines is 1. The van der Waals surface area contributed by atoms with Gasteiger partial charge in [0, 0.05) is 18.3 Å². The molecular formula is C13H14Cl2N6O5. The monoisotopic (exact) mass is 404 g/mol. The van der Waals surface area contributed by atoms with Gasteiger partial charge in [0.05, 0.1) is 0 Å². The molecule has 140 valence electrons. The van der Waals surface area contributed by atoms with Crippen molar-refractivity contribution in [1.82, 2.24) is 24.5 Å². The van der Waals surface area contributed by atoms with Crippen LogP contribution in [0.2, 0.25) is 10.6 Å². The average molecular weight is 405 g/mol.